The number of nitrogens with one attached hydrogen (secondary N) is 1. The van der Waals surface area contributed by atoms with Crippen molar-refractivity contribution in [3.8, 4) is 5.82 Å². The van der Waals surface area contributed by atoms with Crippen molar-refractivity contribution < 1.29 is 9.90 Å². The highest BCUT2D eigenvalue weighted by Crippen LogP contribution is 2.07. The average molecular weight is 321 g/mol. The number of aliphatic hydroxyl groups excluding tert-OH is 1. The van der Waals surface area contributed by atoms with Crippen LogP contribution in [0.15, 0.2) is 73.2 Å². The summed E-state index contributed by atoms with van der Waals surface area (Å²) in [5.74, 6) is 0.509. The molecule has 24 heavy (non-hydrogen) atoms. The van der Waals surface area contributed by atoms with E-state index < -0.39 is 6.10 Å². The highest BCUT2D eigenvalue weighted by atomic mass is 16.3. The molecule has 0 radical (unpaired) electrons. The number of amides is 1. The Balaban J connectivity index is 1.53. The van der Waals surface area contributed by atoms with Crippen molar-refractivity contribution in [3.05, 3.63) is 84.3 Å². The second-order valence-corrected chi connectivity index (χ2v) is 5.55. The first kappa shape index (κ1) is 16.0. The monoisotopic (exact) mass is 321 g/mol. The van der Waals surface area contributed by atoms with Gasteiger partial charge in [0.25, 0.3) is 5.91 Å². The van der Waals surface area contributed by atoms with Gasteiger partial charge in [0.1, 0.15) is 5.82 Å². The number of rotatable bonds is 6. The molecule has 2 aromatic heterocycles. The largest absolute Gasteiger partial charge is 0.391 e. The van der Waals surface area contributed by atoms with Gasteiger partial charge in [-0.25, -0.2) is 4.98 Å². The molecule has 1 atom stereocenters. The topological polar surface area (TPSA) is 67.2 Å². The highest BCUT2D eigenvalue weighted by Gasteiger charge is 2.10. The number of benzene rings is 1. The number of hydrogen-bond donors (Lipinski definition) is 2. The fourth-order valence-electron chi connectivity index (χ4n) is 2.43. The molecule has 0 aliphatic heterocycles. The molecule has 0 saturated heterocycles. The van der Waals surface area contributed by atoms with E-state index in [1.807, 2.05) is 59.4 Å². The van der Waals surface area contributed by atoms with Crippen molar-refractivity contribution >= 4 is 5.91 Å². The Morgan fingerprint density at radius 1 is 1.08 bits per heavy atom. The van der Waals surface area contributed by atoms with Gasteiger partial charge in [0, 0.05) is 31.6 Å². The van der Waals surface area contributed by atoms with Gasteiger partial charge < -0.3 is 15.0 Å². The smallest absolute Gasteiger partial charge is 0.252 e. The maximum atomic E-state index is 12.1. The summed E-state index contributed by atoms with van der Waals surface area (Å²) in [6.45, 7) is 0.201. The third-order valence-corrected chi connectivity index (χ3v) is 3.69. The minimum atomic E-state index is -0.622. The molecule has 1 unspecified atom stereocenters. The molecule has 0 fully saturated rings. The van der Waals surface area contributed by atoms with Crippen LogP contribution in [0.3, 0.4) is 0 Å². The van der Waals surface area contributed by atoms with Crippen molar-refractivity contribution in [2.24, 2.45) is 0 Å². The minimum Gasteiger partial charge on any atom is -0.391 e. The molecule has 3 aromatic rings. The fraction of sp³-hybridized carbons (Fsp3) is 0.158. The quantitative estimate of drug-likeness (QED) is 0.731. The lowest BCUT2D eigenvalue weighted by molar-refractivity contribution is 0.0915. The maximum Gasteiger partial charge on any atom is 0.252 e. The molecule has 0 spiro atoms. The van der Waals surface area contributed by atoms with Crippen LogP contribution in [-0.4, -0.2) is 33.2 Å². The van der Waals surface area contributed by atoms with Crippen molar-refractivity contribution in [2.45, 2.75) is 12.5 Å². The lowest BCUT2D eigenvalue weighted by atomic mass is 10.1. The van der Waals surface area contributed by atoms with E-state index in [1.165, 1.54) is 6.20 Å². The van der Waals surface area contributed by atoms with E-state index in [4.69, 9.17) is 0 Å². The van der Waals surface area contributed by atoms with Crippen molar-refractivity contribution in [3.63, 3.8) is 0 Å². The second kappa shape index (κ2) is 7.57. The van der Waals surface area contributed by atoms with Crippen LogP contribution in [0.2, 0.25) is 0 Å². The molecular formula is C19H19N3O2. The van der Waals surface area contributed by atoms with Crippen molar-refractivity contribution in [1.29, 1.82) is 0 Å². The predicted molar refractivity (Wildman–Crippen MR) is 92.1 cm³/mol. The predicted octanol–water partition coefficient (Wildman–Crippen LogP) is 2.21. The summed E-state index contributed by atoms with van der Waals surface area (Å²) in [7, 11) is 0. The SMILES string of the molecule is O=C(NCC(O)Cc1ccccc1)c1ccc(-n2cccc2)nc1. The van der Waals surface area contributed by atoms with Crippen molar-refractivity contribution in [2.75, 3.05) is 6.54 Å². The van der Waals surface area contributed by atoms with Gasteiger partial charge in [-0.05, 0) is 29.8 Å². The molecule has 0 saturated carbocycles. The van der Waals surface area contributed by atoms with E-state index in [1.54, 1.807) is 12.1 Å². The van der Waals surface area contributed by atoms with Crippen LogP contribution in [0.1, 0.15) is 15.9 Å². The molecule has 2 heterocycles. The van der Waals surface area contributed by atoms with Gasteiger partial charge >= 0.3 is 0 Å². The van der Waals surface area contributed by atoms with E-state index in [2.05, 4.69) is 10.3 Å². The van der Waals surface area contributed by atoms with E-state index in [0.29, 0.717) is 12.0 Å². The average Bonchev–Trinajstić information content (AvgIpc) is 3.15. The van der Waals surface area contributed by atoms with E-state index in [9.17, 15) is 9.90 Å². The van der Waals surface area contributed by atoms with Crippen LogP contribution in [0, 0.1) is 0 Å². The molecule has 122 valence electrons. The van der Waals surface area contributed by atoms with Gasteiger partial charge in [0.05, 0.1) is 11.7 Å². The van der Waals surface area contributed by atoms with Gasteiger partial charge in [0.15, 0.2) is 0 Å². The second-order valence-electron chi connectivity index (χ2n) is 5.55. The summed E-state index contributed by atoms with van der Waals surface area (Å²) in [6.07, 6.45) is 5.20. The van der Waals surface area contributed by atoms with Gasteiger partial charge in [0.2, 0.25) is 0 Å². The Morgan fingerprint density at radius 2 is 1.83 bits per heavy atom. The first-order valence-corrected chi connectivity index (χ1v) is 7.82. The van der Waals surface area contributed by atoms with Crippen LogP contribution in [-0.2, 0) is 6.42 Å². The molecule has 0 bridgehead atoms. The molecule has 1 amide bonds. The Bertz CT molecular complexity index is 768. The third kappa shape index (κ3) is 4.08. The zero-order valence-electron chi connectivity index (χ0n) is 13.2. The van der Waals surface area contributed by atoms with Gasteiger partial charge in [-0.3, -0.25) is 4.79 Å². The highest BCUT2D eigenvalue weighted by molar-refractivity contribution is 5.93. The Morgan fingerprint density at radius 3 is 2.50 bits per heavy atom. The summed E-state index contributed by atoms with van der Waals surface area (Å²) in [4.78, 5) is 16.4. The molecule has 5 heteroatoms. The van der Waals surface area contributed by atoms with Crippen LogP contribution in [0.4, 0.5) is 0 Å². The van der Waals surface area contributed by atoms with Crippen molar-refractivity contribution in [1.82, 2.24) is 14.9 Å². The number of aromatic nitrogens is 2. The third-order valence-electron chi connectivity index (χ3n) is 3.69. The first-order chi connectivity index (χ1) is 11.7. The van der Waals surface area contributed by atoms with Gasteiger partial charge in [-0.1, -0.05) is 30.3 Å². The Hall–Kier alpha value is -2.92. The lowest BCUT2D eigenvalue weighted by Gasteiger charge is -2.12. The summed E-state index contributed by atoms with van der Waals surface area (Å²) in [6, 6.07) is 17.0. The number of aliphatic hydroxyl groups is 1. The van der Waals surface area contributed by atoms with E-state index >= 15 is 0 Å². The molecule has 0 aliphatic rings. The fourth-order valence-corrected chi connectivity index (χ4v) is 2.43. The molecular weight excluding hydrogens is 302 g/mol. The maximum absolute atomic E-state index is 12.1. The number of carbonyl (C=O) groups excluding carboxylic acids is 1. The van der Waals surface area contributed by atoms with Gasteiger partial charge in [-0.15, -0.1) is 0 Å². The number of nitrogens with zero attached hydrogens (tertiary/aromatic N) is 2. The standard InChI is InChI=1S/C19H19N3O2/c23-17(12-15-6-2-1-3-7-15)14-21-19(24)16-8-9-18(20-13-16)22-10-4-5-11-22/h1-11,13,17,23H,12,14H2,(H,21,24). The van der Waals surface area contributed by atoms with E-state index in [-0.39, 0.29) is 12.5 Å². The number of carbonyl (C=O) groups is 1. The molecule has 2 N–H and O–H groups in total. The zero-order valence-corrected chi connectivity index (χ0v) is 13.2. The Labute approximate surface area is 140 Å². The van der Waals surface area contributed by atoms with Crippen LogP contribution in [0.5, 0.6) is 0 Å². The zero-order chi connectivity index (χ0) is 16.8. The van der Waals surface area contributed by atoms with Crippen LogP contribution < -0.4 is 5.32 Å². The summed E-state index contributed by atoms with van der Waals surface area (Å²) in [5, 5.41) is 12.8. The number of hydrogen-bond acceptors (Lipinski definition) is 3. The molecule has 1 aromatic carbocycles. The normalized spacial score (nSPS) is 11.9. The van der Waals surface area contributed by atoms with Crippen LogP contribution >= 0.6 is 0 Å². The van der Waals surface area contributed by atoms with E-state index in [0.717, 1.165) is 11.4 Å². The molecule has 3 rings (SSSR count). The number of pyridine rings is 1. The summed E-state index contributed by atoms with van der Waals surface area (Å²) >= 11 is 0. The minimum absolute atomic E-state index is 0.201. The first-order valence-electron chi connectivity index (χ1n) is 7.82. The summed E-state index contributed by atoms with van der Waals surface area (Å²) < 4.78 is 1.87. The van der Waals surface area contributed by atoms with Crippen LogP contribution in [0.25, 0.3) is 5.82 Å². The molecule has 0 aliphatic carbocycles. The Kier molecular flexibility index (Phi) is 5.03. The lowest BCUT2D eigenvalue weighted by Crippen LogP contribution is -2.33. The molecule has 5 nitrogen and oxygen atoms in total. The summed E-state index contributed by atoms with van der Waals surface area (Å²) in [5.41, 5.74) is 1.51. The van der Waals surface area contributed by atoms with Gasteiger partial charge in [-0.2, -0.15) is 0 Å².